The molecule has 1 unspecified atom stereocenters. The third-order valence-electron chi connectivity index (χ3n) is 4.07. The van der Waals surface area contributed by atoms with E-state index in [-0.39, 0.29) is 35.3 Å². The molecule has 0 bridgehead atoms. The monoisotopic (exact) mass is 419 g/mol. The van der Waals surface area contributed by atoms with E-state index in [2.05, 4.69) is 5.32 Å². The second kappa shape index (κ2) is 8.85. The first-order valence-electron chi connectivity index (χ1n) is 8.10. The van der Waals surface area contributed by atoms with E-state index in [1.807, 2.05) is 0 Å². The molecule has 0 aromatic heterocycles. The van der Waals surface area contributed by atoms with E-state index in [0.29, 0.717) is 16.1 Å². The van der Waals surface area contributed by atoms with Gasteiger partial charge in [0.2, 0.25) is 0 Å². The number of benzene rings is 2. The topological polar surface area (TPSA) is 38.3 Å². The Morgan fingerprint density at radius 3 is 2.33 bits per heavy atom. The first-order chi connectivity index (χ1) is 12.6. The van der Waals surface area contributed by atoms with Gasteiger partial charge in [0.1, 0.15) is 5.75 Å². The highest BCUT2D eigenvalue weighted by atomic mass is 35.5. The number of nitrogens with one attached hydrogen (secondary N) is 1. The summed E-state index contributed by atoms with van der Waals surface area (Å²) in [5.74, 6) is -1.79. The molecule has 8 heteroatoms. The minimum absolute atomic E-state index is 0.0668. The van der Waals surface area contributed by atoms with Crippen LogP contribution in [0.3, 0.4) is 0 Å². The van der Waals surface area contributed by atoms with Gasteiger partial charge in [0.25, 0.3) is 5.91 Å². The molecule has 146 valence electrons. The highest BCUT2D eigenvalue weighted by Crippen LogP contribution is 2.38. The van der Waals surface area contributed by atoms with Gasteiger partial charge in [-0.05, 0) is 48.7 Å². The smallest absolute Gasteiger partial charge is 0.395 e. The van der Waals surface area contributed by atoms with Crippen molar-refractivity contribution in [2.45, 2.75) is 25.4 Å². The average Bonchev–Trinajstić information content (AvgIpc) is 2.61. The second-order valence-corrected chi connectivity index (χ2v) is 6.78. The maximum absolute atomic E-state index is 13.5. The number of alkyl halides is 3. The number of hydrogen-bond donors (Lipinski definition) is 1. The van der Waals surface area contributed by atoms with Gasteiger partial charge in [0.05, 0.1) is 17.5 Å². The van der Waals surface area contributed by atoms with Gasteiger partial charge in [-0.25, -0.2) is 0 Å². The van der Waals surface area contributed by atoms with Crippen LogP contribution in [0.25, 0.3) is 0 Å². The van der Waals surface area contributed by atoms with Crippen LogP contribution in [0.4, 0.5) is 13.2 Å². The van der Waals surface area contributed by atoms with Crippen molar-refractivity contribution in [3.63, 3.8) is 0 Å². The lowest BCUT2D eigenvalue weighted by Gasteiger charge is -2.21. The van der Waals surface area contributed by atoms with Gasteiger partial charge in [-0.3, -0.25) is 4.79 Å². The maximum atomic E-state index is 13.5. The summed E-state index contributed by atoms with van der Waals surface area (Å²) in [5, 5.41) is 3.12. The van der Waals surface area contributed by atoms with E-state index in [4.69, 9.17) is 27.9 Å². The van der Waals surface area contributed by atoms with Crippen molar-refractivity contribution >= 4 is 29.1 Å². The zero-order valence-corrected chi connectivity index (χ0v) is 16.2. The van der Waals surface area contributed by atoms with Crippen molar-refractivity contribution in [3.05, 3.63) is 63.1 Å². The molecule has 0 radical (unpaired) electrons. The highest BCUT2D eigenvalue weighted by molar-refractivity contribution is 6.36. The summed E-state index contributed by atoms with van der Waals surface area (Å²) in [6.07, 6.45) is -4.74. The Balaban J connectivity index is 2.12. The van der Waals surface area contributed by atoms with Crippen molar-refractivity contribution in [1.82, 2.24) is 5.32 Å². The Labute approximate surface area is 165 Å². The van der Waals surface area contributed by atoms with E-state index < -0.39 is 12.1 Å². The SMILES string of the molecule is CNC(=O)c1ccc(C(CCOc2cc(C)c(Cl)cc2Cl)C(F)(F)F)cc1. The van der Waals surface area contributed by atoms with Crippen LogP contribution in [0, 0.1) is 6.92 Å². The van der Waals surface area contributed by atoms with Crippen LogP contribution >= 0.6 is 23.2 Å². The molecular weight excluding hydrogens is 402 g/mol. The predicted molar refractivity (Wildman–Crippen MR) is 99.9 cm³/mol. The molecule has 2 aromatic rings. The van der Waals surface area contributed by atoms with E-state index in [9.17, 15) is 18.0 Å². The van der Waals surface area contributed by atoms with Crippen molar-refractivity contribution in [2.75, 3.05) is 13.7 Å². The molecule has 0 heterocycles. The Morgan fingerprint density at radius 1 is 1.15 bits per heavy atom. The molecule has 1 N–H and O–H groups in total. The van der Waals surface area contributed by atoms with Gasteiger partial charge >= 0.3 is 6.18 Å². The molecule has 1 amide bonds. The average molecular weight is 420 g/mol. The van der Waals surface area contributed by atoms with Crippen molar-refractivity contribution in [3.8, 4) is 5.75 Å². The zero-order chi connectivity index (χ0) is 20.2. The second-order valence-electron chi connectivity index (χ2n) is 5.96. The van der Waals surface area contributed by atoms with Gasteiger partial charge in [-0.15, -0.1) is 0 Å². The van der Waals surface area contributed by atoms with E-state index in [1.54, 1.807) is 13.0 Å². The summed E-state index contributed by atoms with van der Waals surface area (Å²) in [5.41, 5.74) is 1.08. The van der Waals surface area contributed by atoms with Crippen LogP contribution in [0.1, 0.15) is 33.8 Å². The third-order valence-corrected chi connectivity index (χ3v) is 4.78. The number of carbonyl (C=O) groups excluding carboxylic acids is 1. The molecular formula is C19H18Cl2F3NO2. The van der Waals surface area contributed by atoms with Crippen LogP contribution in [-0.2, 0) is 0 Å². The van der Waals surface area contributed by atoms with Crippen molar-refractivity contribution in [1.29, 1.82) is 0 Å². The molecule has 2 rings (SSSR count). The van der Waals surface area contributed by atoms with Crippen molar-refractivity contribution < 1.29 is 22.7 Å². The first kappa shape index (κ1) is 21.4. The molecule has 0 saturated heterocycles. The molecule has 3 nitrogen and oxygen atoms in total. The minimum Gasteiger partial charge on any atom is -0.492 e. The number of rotatable bonds is 6. The summed E-state index contributed by atoms with van der Waals surface area (Å²) >= 11 is 12.0. The zero-order valence-electron chi connectivity index (χ0n) is 14.7. The molecule has 0 spiro atoms. The molecule has 0 saturated carbocycles. The van der Waals surface area contributed by atoms with Crippen molar-refractivity contribution in [2.24, 2.45) is 0 Å². The Kier molecular flexibility index (Phi) is 7.00. The van der Waals surface area contributed by atoms with E-state index in [0.717, 1.165) is 0 Å². The maximum Gasteiger partial charge on any atom is 0.395 e. The summed E-state index contributed by atoms with van der Waals surface area (Å²) in [6, 6.07) is 8.43. The lowest BCUT2D eigenvalue weighted by molar-refractivity contribution is -0.153. The summed E-state index contributed by atoms with van der Waals surface area (Å²) in [6.45, 7) is 1.57. The van der Waals surface area contributed by atoms with Crippen LogP contribution in [0.5, 0.6) is 5.75 Å². The molecule has 2 aromatic carbocycles. The van der Waals surface area contributed by atoms with E-state index >= 15 is 0 Å². The van der Waals surface area contributed by atoms with E-state index in [1.165, 1.54) is 37.4 Å². The quantitative estimate of drug-likeness (QED) is 0.644. The molecule has 27 heavy (non-hydrogen) atoms. The molecule has 1 atom stereocenters. The largest absolute Gasteiger partial charge is 0.492 e. The number of ether oxygens (including phenoxy) is 1. The predicted octanol–water partition coefficient (Wildman–Crippen LogP) is 5.78. The highest BCUT2D eigenvalue weighted by Gasteiger charge is 2.40. The number of halogens is 5. The van der Waals surface area contributed by atoms with Gasteiger partial charge in [-0.2, -0.15) is 13.2 Å². The molecule has 0 aliphatic heterocycles. The van der Waals surface area contributed by atoms with Crippen LogP contribution in [-0.4, -0.2) is 25.7 Å². The fourth-order valence-corrected chi connectivity index (χ4v) is 3.00. The number of amides is 1. The lowest BCUT2D eigenvalue weighted by atomic mass is 9.94. The van der Waals surface area contributed by atoms with Crippen LogP contribution in [0.2, 0.25) is 10.0 Å². The summed E-state index contributed by atoms with van der Waals surface area (Å²) in [4.78, 5) is 11.5. The third kappa shape index (κ3) is 5.53. The Morgan fingerprint density at radius 2 is 1.78 bits per heavy atom. The standard InChI is InChI=1S/C19H18Cl2F3NO2/c1-11-9-17(16(21)10-15(11)20)27-8-7-14(19(22,23)24)12-3-5-13(6-4-12)18(26)25-2/h3-6,9-10,14H,7-8H2,1-2H3,(H,25,26). The Hall–Kier alpha value is -1.92. The lowest BCUT2D eigenvalue weighted by Crippen LogP contribution is -2.23. The van der Waals surface area contributed by atoms with Crippen LogP contribution < -0.4 is 10.1 Å². The fourth-order valence-electron chi connectivity index (χ4n) is 2.56. The Bertz CT molecular complexity index is 808. The number of hydrogen-bond acceptors (Lipinski definition) is 2. The van der Waals surface area contributed by atoms with Crippen LogP contribution in [0.15, 0.2) is 36.4 Å². The minimum atomic E-state index is -4.45. The van der Waals surface area contributed by atoms with Gasteiger partial charge in [-0.1, -0.05) is 35.3 Å². The molecule has 0 aliphatic carbocycles. The molecule has 0 aliphatic rings. The van der Waals surface area contributed by atoms with Gasteiger partial charge in [0, 0.05) is 17.6 Å². The normalized spacial score (nSPS) is 12.6. The molecule has 0 fully saturated rings. The van der Waals surface area contributed by atoms with Gasteiger partial charge < -0.3 is 10.1 Å². The van der Waals surface area contributed by atoms with Gasteiger partial charge in [0.15, 0.2) is 0 Å². The summed E-state index contributed by atoms with van der Waals surface area (Å²) in [7, 11) is 1.45. The number of carbonyl (C=O) groups is 1. The fraction of sp³-hybridized carbons (Fsp3) is 0.316. The first-order valence-corrected chi connectivity index (χ1v) is 8.86. The number of aryl methyl sites for hydroxylation is 1. The summed E-state index contributed by atoms with van der Waals surface area (Å²) < 4.78 is 45.9.